The number of carbonyl (C=O) groups excluding carboxylic acids is 6. The number of ether oxygens (including phenoxy) is 1. The van der Waals surface area contributed by atoms with Gasteiger partial charge in [0.05, 0.1) is 19.1 Å². The molecule has 2 heterocycles. The van der Waals surface area contributed by atoms with Crippen LogP contribution in [-0.4, -0.2) is 83.3 Å². The fourth-order valence-electron chi connectivity index (χ4n) is 7.22. The second-order valence-corrected chi connectivity index (χ2v) is 15.8. The zero-order valence-electron chi connectivity index (χ0n) is 29.0. The number of halogens is 1. The van der Waals surface area contributed by atoms with Gasteiger partial charge in [-0.1, -0.05) is 71.0 Å². The molecular weight excluding hydrogens is 650 g/mol. The number of likely N-dealkylation sites (tertiary alicyclic amines) is 1. The molecule has 2 saturated heterocycles. The molecule has 5 rings (SSSR count). The molecule has 268 valence electrons. The van der Waals surface area contributed by atoms with Gasteiger partial charge in [0.1, 0.15) is 12.1 Å². The highest BCUT2D eigenvalue weighted by molar-refractivity contribution is 6.38. The highest BCUT2D eigenvalue weighted by atomic mass is 35.5. The predicted molar refractivity (Wildman–Crippen MR) is 184 cm³/mol. The van der Waals surface area contributed by atoms with Gasteiger partial charge in [0.2, 0.25) is 23.5 Å². The molecule has 3 N–H and O–H groups in total. The Morgan fingerprint density at radius 3 is 2.37 bits per heavy atom. The smallest absolute Gasteiger partial charge is 0.415 e. The van der Waals surface area contributed by atoms with Crippen LogP contribution in [0.5, 0.6) is 0 Å². The number of amides is 5. The van der Waals surface area contributed by atoms with Gasteiger partial charge >= 0.3 is 6.09 Å². The largest absolute Gasteiger partial charge is 0.439 e. The number of Topliss-reactive ketones (excluding diaryl/α,β-unsaturated/α-hetero) is 1. The van der Waals surface area contributed by atoms with Crippen LogP contribution < -0.4 is 20.9 Å². The van der Waals surface area contributed by atoms with E-state index in [0.717, 1.165) is 44.9 Å². The maximum Gasteiger partial charge on any atom is 0.415 e. The lowest BCUT2D eigenvalue weighted by Crippen LogP contribution is -2.59. The van der Waals surface area contributed by atoms with Crippen LogP contribution in [0, 0.1) is 11.3 Å². The summed E-state index contributed by atoms with van der Waals surface area (Å²) in [6.07, 6.45) is 7.30. The molecule has 2 saturated carbocycles. The van der Waals surface area contributed by atoms with Gasteiger partial charge in [-0.2, -0.15) is 0 Å². The second kappa shape index (κ2) is 15.1. The van der Waals surface area contributed by atoms with Crippen molar-refractivity contribution >= 4 is 52.8 Å². The van der Waals surface area contributed by atoms with Gasteiger partial charge in [-0.15, -0.1) is 0 Å². The number of nitrogens with one attached hydrogen (secondary N) is 3. The van der Waals surface area contributed by atoms with E-state index in [1.807, 2.05) is 27.7 Å². The first-order valence-corrected chi connectivity index (χ1v) is 18.1. The van der Waals surface area contributed by atoms with E-state index in [1.54, 1.807) is 24.3 Å². The molecule has 12 nitrogen and oxygen atoms in total. The molecule has 49 heavy (non-hydrogen) atoms. The summed E-state index contributed by atoms with van der Waals surface area (Å²) in [6, 6.07) is 3.52. The lowest BCUT2D eigenvalue weighted by Gasteiger charge is -2.36. The standard InChI is InChI=1S/C36H50ClN5O7/c1-5-10-26(29(44)32(46)38-24-15-16-24)39-31(45)27-19-36(20-41(34(48)49-36)25-14-9-13-23(37)18-25)21-42(27)33(47)30(35(2,3)4)40-28(43)17-22-11-7-6-8-12-22/h9,13-14,18,22,24,26-27,30H,5-8,10-12,15-17,19-21H2,1-4H3,(H,38,46)(H,39,45)(H,40,43)/t26-,27-,30+,36-/m0/s1. The Labute approximate surface area is 293 Å². The summed E-state index contributed by atoms with van der Waals surface area (Å²) < 4.78 is 5.96. The van der Waals surface area contributed by atoms with Gasteiger partial charge in [-0.3, -0.25) is 28.9 Å². The Morgan fingerprint density at radius 2 is 1.73 bits per heavy atom. The Balaban J connectivity index is 1.40. The predicted octanol–water partition coefficient (Wildman–Crippen LogP) is 4.27. The molecular formula is C36H50ClN5O7. The average Bonchev–Trinajstić information content (AvgIpc) is 3.70. The fourth-order valence-corrected chi connectivity index (χ4v) is 7.41. The number of benzene rings is 1. The van der Waals surface area contributed by atoms with E-state index in [-0.39, 0.29) is 43.8 Å². The minimum atomic E-state index is -1.25. The molecule has 1 aromatic carbocycles. The van der Waals surface area contributed by atoms with E-state index in [2.05, 4.69) is 16.0 Å². The molecule has 4 fully saturated rings. The molecule has 1 aromatic rings. The van der Waals surface area contributed by atoms with Crippen molar-refractivity contribution in [1.82, 2.24) is 20.9 Å². The van der Waals surface area contributed by atoms with Crippen molar-refractivity contribution in [2.24, 2.45) is 11.3 Å². The number of hydrogen-bond acceptors (Lipinski definition) is 7. The van der Waals surface area contributed by atoms with E-state index in [1.165, 1.54) is 9.80 Å². The van der Waals surface area contributed by atoms with E-state index >= 15 is 0 Å². The Bertz CT molecular complexity index is 1450. The van der Waals surface area contributed by atoms with Crippen LogP contribution in [0.25, 0.3) is 0 Å². The van der Waals surface area contributed by atoms with Crippen LogP contribution in [0.15, 0.2) is 24.3 Å². The average molecular weight is 700 g/mol. The van der Waals surface area contributed by atoms with Crippen LogP contribution >= 0.6 is 11.6 Å². The van der Waals surface area contributed by atoms with Crippen LogP contribution in [0.1, 0.15) is 98.3 Å². The molecule has 0 aromatic heterocycles. The minimum absolute atomic E-state index is 0.0284. The van der Waals surface area contributed by atoms with Gasteiger partial charge in [-0.05, 0) is 61.6 Å². The molecule has 4 aliphatic rings. The molecule has 0 bridgehead atoms. The van der Waals surface area contributed by atoms with Crippen molar-refractivity contribution in [1.29, 1.82) is 0 Å². The zero-order valence-corrected chi connectivity index (χ0v) is 29.8. The van der Waals surface area contributed by atoms with Crippen molar-refractivity contribution in [3.8, 4) is 0 Å². The summed E-state index contributed by atoms with van der Waals surface area (Å²) >= 11 is 6.21. The van der Waals surface area contributed by atoms with Crippen molar-refractivity contribution in [2.45, 2.75) is 128 Å². The third kappa shape index (κ3) is 8.93. The van der Waals surface area contributed by atoms with Crippen LogP contribution in [-0.2, 0) is 28.7 Å². The summed E-state index contributed by atoms with van der Waals surface area (Å²) in [7, 11) is 0. The summed E-state index contributed by atoms with van der Waals surface area (Å²) in [5.74, 6) is -2.55. The number of ketones is 1. The number of nitrogens with zero attached hydrogens (tertiary/aromatic N) is 2. The highest BCUT2D eigenvalue weighted by Crippen LogP contribution is 2.40. The van der Waals surface area contributed by atoms with E-state index in [9.17, 15) is 28.8 Å². The molecule has 1 spiro atoms. The molecule has 4 atom stereocenters. The topological polar surface area (TPSA) is 154 Å². The molecule has 0 unspecified atom stereocenters. The van der Waals surface area contributed by atoms with Crippen molar-refractivity contribution < 1.29 is 33.5 Å². The van der Waals surface area contributed by atoms with Gasteiger partial charge in [0.25, 0.3) is 5.91 Å². The maximum atomic E-state index is 14.6. The third-order valence-electron chi connectivity index (χ3n) is 10.0. The van der Waals surface area contributed by atoms with E-state index in [4.69, 9.17) is 16.3 Å². The van der Waals surface area contributed by atoms with Crippen LogP contribution in [0.2, 0.25) is 5.02 Å². The quantitative estimate of drug-likeness (QED) is 0.276. The first kappa shape index (κ1) is 36.6. The van der Waals surface area contributed by atoms with Crippen molar-refractivity contribution in [2.75, 3.05) is 18.0 Å². The van der Waals surface area contributed by atoms with Gasteiger partial charge in [0.15, 0.2) is 5.60 Å². The monoisotopic (exact) mass is 699 g/mol. The first-order chi connectivity index (χ1) is 23.2. The third-order valence-corrected chi connectivity index (χ3v) is 10.3. The van der Waals surface area contributed by atoms with Gasteiger partial charge in [-0.25, -0.2) is 4.79 Å². The Hall–Kier alpha value is -3.67. The lowest BCUT2D eigenvalue weighted by molar-refractivity contribution is -0.145. The normalized spacial score (nSPS) is 23.9. The number of carbonyl (C=O) groups is 6. The van der Waals surface area contributed by atoms with Gasteiger partial charge in [0, 0.05) is 29.6 Å². The number of anilines is 1. The number of hydrogen-bond donors (Lipinski definition) is 3. The number of rotatable bonds is 12. The molecule has 2 aliphatic heterocycles. The van der Waals surface area contributed by atoms with Gasteiger partial charge < -0.3 is 25.6 Å². The maximum absolute atomic E-state index is 14.6. The van der Waals surface area contributed by atoms with Crippen molar-refractivity contribution in [3.05, 3.63) is 29.3 Å². The van der Waals surface area contributed by atoms with E-state index in [0.29, 0.717) is 23.6 Å². The Morgan fingerprint density at radius 1 is 1.02 bits per heavy atom. The van der Waals surface area contributed by atoms with Crippen LogP contribution in [0.3, 0.4) is 0 Å². The fraction of sp³-hybridized carbons (Fsp3) is 0.667. The second-order valence-electron chi connectivity index (χ2n) is 15.3. The molecule has 0 radical (unpaired) electrons. The summed E-state index contributed by atoms with van der Waals surface area (Å²) in [5.41, 5.74) is -1.46. The first-order valence-electron chi connectivity index (χ1n) is 17.7. The highest BCUT2D eigenvalue weighted by Gasteiger charge is 2.58. The van der Waals surface area contributed by atoms with Crippen molar-refractivity contribution in [3.63, 3.8) is 0 Å². The van der Waals surface area contributed by atoms with E-state index < -0.39 is 58.7 Å². The lowest BCUT2D eigenvalue weighted by atomic mass is 9.84. The SMILES string of the molecule is CCC[C@H](NC(=O)[C@@H]1C[C@]2(CN(c3cccc(Cl)c3)C(=O)O2)CN1C(=O)[C@@H](NC(=O)CC1CCCCC1)C(C)(C)C)C(=O)C(=O)NC1CC1. The summed E-state index contributed by atoms with van der Waals surface area (Å²) in [5, 5.41) is 8.87. The summed E-state index contributed by atoms with van der Waals surface area (Å²) in [6.45, 7) is 7.34. The Kier molecular flexibility index (Phi) is 11.3. The molecule has 2 aliphatic carbocycles. The minimum Gasteiger partial charge on any atom is -0.439 e. The van der Waals surface area contributed by atoms with Crippen LogP contribution in [0.4, 0.5) is 10.5 Å². The molecule has 5 amide bonds. The summed E-state index contributed by atoms with van der Waals surface area (Å²) in [4.78, 5) is 83.9. The molecule has 13 heteroatoms. The zero-order chi connectivity index (χ0) is 35.5.